The Bertz CT molecular complexity index is 646. The van der Waals surface area contributed by atoms with Gasteiger partial charge in [0.2, 0.25) is 9.97 Å². The molecule has 0 atom stereocenters. The van der Waals surface area contributed by atoms with Crippen LogP contribution < -0.4 is 5.32 Å². The Labute approximate surface area is 106 Å². The highest BCUT2D eigenvalue weighted by atomic mass is 32.1. The third-order valence-electron chi connectivity index (χ3n) is 2.38. The Morgan fingerprint density at radius 3 is 2.94 bits per heavy atom. The third-order valence-corrected chi connectivity index (χ3v) is 3.29. The molecule has 0 saturated carbocycles. The normalized spacial score (nSPS) is 10.7. The first-order chi connectivity index (χ1) is 8.83. The fourth-order valence-electron chi connectivity index (χ4n) is 1.51. The number of benzene rings is 1. The van der Waals surface area contributed by atoms with E-state index in [0.717, 1.165) is 5.56 Å². The minimum atomic E-state index is -0.200. The molecule has 0 saturated heterocycles. The van der Waals surface area contributed by atoms with Crippen LogP contribution in [0.2, 0.25) is 0 Å². The maximum Gasteiger partial charge on any atom is 0.282 e. The maximum absolute atomic E-state index is 11.9. The zero-order valence-corrected chi connectivity index (χ0v) is 10.1. The van der Waals surface area contributed by atoms with Gasteiger partial charge in [-0.2, -0.15) is 4.52 Å². The van der Waals surface area contributed by atoms with E-state index in [1.54, 1.807) is 0 Å². The van der Waals surface area contributed by atoms with E-state index < -0.39 is 0 Å². The fraction of sp³-hybridized carbons (Fsp3) is 0.0909. The Morgan fingerprint density at radius 2 is 2.17 bits per heavy atom. The molecule has 3 rings (SSSR count). The van der Waals surface area contributed by atoms with Gasteiger partial charge in [-0.15, -0.1) is 15.3 Å². The summed E-state index contributed by atoms with van der Waals surface area (Å²) in [6.45, 7) is 0.486. The summed E-state index contributed by atoms with van der Waals surface area (Å²) in [6.07, 6.45) is 1.47. The molecule has 1 N–H and O–H groups in total. The molecule has 0 fully saturated rings. The second-order valence-corrected chi connectivity index (χ2v) is 4.59. The number of hydrogen-bond acceptors (Lipinski definition) is 5. The molecule has 0 spiro atoms. The Kier molecular flexibility index (Phi) is 2.73. The van der Waals surface area contributed by atoms with Gasteiger partial charge in [0.05, 0.1) is 0 Å². The second-order valence-electron chi connectivity index (χ2n) is 3.63. The molecular weight excluding hydrogens is 250 g/mol. The number of amides is 1. The van der Waals surface area contributed by atoms with E-state index in [-0.39, 0.29) is 5.91 Å². The largest absolute Gasteiger partial charge is 0.346 e. The minimum Gasteiger partial charge on any atom is -0.346 e. The van der Waals surface area contributed by atoms with Gasteiger partial charge in [-0.1, -0.05) is 41.7 Å². The number of hydrogen-bond donors (Lipinski definition) is 1. The number of nitrogens with zero attached hydrogens (tertiary/aromatic N) is 4. The summed E-state index contributed by atoms with van der Waals surface area (Å²) in [7, 11) is 0. The van der Waals surface area contributed by atoms with Crippen LogP contribution in [-0.4, -0.2) is 25.7 Å². The smallest absolute Gasteiger partial charge is 0.282 e. The van der Waals surface area contributed by atoms with Gasteiger partial charge >= 0.3 is 0 Å². The molecule has 90 valence electrons. The van der Waals surface area contributed by atoms with E-state index in [2.05, 4.69) is 20.6 Å². The molecule has 18 heavy (non-hydrogen) atoms. The standard InChI is InChI=1S/C11H9N5OS/c17-9(12-6-8-4-2-1-3-5-8)10-15-16-7-13-14-11(16)18-10/h1-5,7H,6H2,(H,12,17). The molecule has 0 unspecified atom stereocenters. The lowest BCUT2D eigenvalue weighted by atomic mass is 10.2. The van der Waals surface area contributed by atoms with Crippen molar-refractivity contribution in [2.24, 2.45) is 0 Å². The first kappa shape index (κ1) is 10.8. The van der Waals surface area contributed by atoms with E-state index in [4.69, 9.17) is 0 Å². The van der Waals surface area contributed by atoms with E-state index >= 15 is 0 Å². The molecule has 0 radical (unpaired) electrons. The monoisotopic (exact) mass is 259 g/mol. The average Bonchev–Trinajstić information content (AvgIpc) is 2.98. The van der Waals surface area contributed by atoms with E-state index in [0.29, 0.717) is 16.5 Å². The minimum absolute atomic E-state index is 0.200. The van der Waals surface area contributed by atoms with Gasteiger partial charge < -0.3 is 5.32 Å². The summed E-state index contributed by atoms with van der Waals surface area (Å²) in [5, 5.41) is 14.8. The van der Waals surface area contributed by atoms with Crippen molar-refractivity contribution in [3.05, 3.63) is 47.2 Å². The number of nitrogens with one attached hydrogen (secondary N) is 1. The quantitative estimate of drug-likeness (QED) is 0.765. The number of fused-ring (bicyclic) bond motifs is 1. The zero-order chi connectivity index (χ0) is 12.4. The Balaban J connectivity index is 1.70. The summed E-state index contributed by atoms with van der Waals surface area (Å²) in [5.74, 6) is -0.200. The van der Waals surface area contributed by atoms with E-state index in [9.17, 15) is 4.79 Å². The van der Waals surface area contributed by atoms with E-state index in [1.165, 1.54) is 22.2 Å². The van der Waals surface area contributed by atoms with Gasteiger partial charge in [-0.25, -0.2) is 0 Å². The van der Waals surface area contributed by atoms with Crippen LogP contribution in [0, 0.1) is 0 Å². The van der Waals surface area contributed by atoms with Crippen molar-refractivity contribution in [3.63, 3.8) is 0 Å². The van der Waals surface area contributed by atoms with Crippen molar-refractivity contribution in [1.29, 1.82) is 0 Å². The molecule has 0 aliphatic rings. The number of rotatable bonds is 3. The van der Waals surface area contributed by atoms with Crippen molar-refractivity contribution >= 4 is 22.2 Å². The molecule has 1 aromatic carbocycles. The first-order valence-electron chi connectivity index (χ1n) is 5.32. The van der Waals surface area contributed by atoms with Gasteiger partial charge in [0.15, 0.2) is 0 Å². The third kappa shape index (κ3) is 2.07. The Hall–Kier alpha value is -2.28. The van der Waals surface area contributed by atoms with Crippen molar-refractivity contribution < 1.29 is 4.79 Å². The second kappa shape index (κ2) is 4.53. The van der Waals surface area contributed by atoms with Gasteiger partial charge in [0.1, 0.15) is 6.33 Å². The highest BCUT2D eigenvalue weighted by Crippen LogP contribution is 2.11. The lowest BCUT2D eigenvalue weighted by Crippen LogP contribution is -2.22. The van der Waals surface area contributed by atoms with Crippen LogP contribution >= 0.6 is 11.3 Å². The molecule has 3 aromatic rings. The van der Waals surface area contributed by atoms with Crippen LogP contribution in [0.25, 0.3) is 4.96 Å². The summed E-state index contributed by atoms with van der Waals surface area (Å²) in [5.41, 5.74) is 1.05. The SMILES string of the molecule is O=C(NCc1ccccc1)c1nn2cnnc2s1. The summed E-state index contributed by atoms with van der Waals surface area (Å²) < 4.78 is 1.49. The zero-order valence-electron chi connectivity index (χ0n) is 9.28. The topological polar surface area (TPSA) is 72.2 Å². The van der Waals surface area contributed by atoms with Crippen LogP contribution in [0.1, 0.15) is 15.4 Å². The highest BCUT2D eigenvalue weighted by Gasteiger charge is 2.12. The number of aromatic nitrogens is 4. The molecule has 1 amide bonds. The first-order valence-corrected chi connectivity index (χ1v) is 6.13. The van der Waals surface area contributed by atoms with Crippen LogP contribution in [0.15, 0.2) is 36.7 Å². The molecule has 6 nitrogen and oxygen atoms in total. The fourth-order valence-corrected chi connectivity index (χ4v) is 2.24. The van der Waals surface area contributed by atoms with Crippen molar-refractivity contribution in [2.45, 2.75) is 6.54 Å². The molecule has 0 bridgehead atoms. The maximum atomic E-state index is 11.9. The summed E-state index contributed by atoms with van der Waals surface area (Å²) in [6, 6.07) is 9.72. The summed E-state index contributed by atoms with van der Waals surface area (Å²) >= 11 is 1.21. The predicted molar refractivity (Wildman–Crippen MR) is 66.3 cm³/mol. The van der Waals surface area contributed by atoms with Crippen LogP contribution in [0.5, 0.6) is 0 Å². The van der Waals surface area contributed by atoms with E-state index in [1.807, 2.05) is 30.3 Å². The molecule has 0 aliphatic heterocycles. The molecule has 0 aliphatic carbocycles. The highest BCUT2D eigenvalue weighted by molar-refractivity contribution is 7.18. The van der Waals surface area contributed by atoms with Crippen LogP contribution in [0.3, 0.4) is 0 Å². The van der Waals surface area contributed by atoms with Gasteiger partial charge in [-0.3, -0.25) is 4.79 Å². The Morgan fingerprint density at radius 1 is 1.33 bits per heavy atom. The van der Waals surface area contributed by atoms with Gasteiger partial charge in [0.25, 0.3) is 5.91 Å². The van der Waals surface area contributed by atoms with Crippen molar-refractivity contribution in [3.8, 4) is 0 Å². The summed E-state index contributed by atoms with van der Waals surface area (Å²) in [4.78, 5) is 12.5. The van der Waals surface area contributed by atoms with Gasteiger partial charge in [-0.05, 0) is 5.56 Å². The van der Waals surface area contributed by atoms with Crippen LogP contribution in [0.4, 0.5) is 0 Å². The average molecular weight is 259 g/mol. The molecule has 2 aromatic heterocycles. The lowest BCUT2D eigenvalue weighted by molar-refractivity contribution is 0.0949. The number of carbonyl (C=O) groups excluding carboxylic acids is 1. The van der Waals surface area contributed by atoms with Crippen molar-refractivity contribution in [1.82, 2.24) is 25.1 Å². The predicted octanol–water partition coefficient (Wildman–Crippen LogP) is 1.12. The van der Waals surface area contributed by atoms with Crippen molar-refractivity contribution in [2.75, 3.05) is 0 Å². The van der Waals surface area contributed by atoms with Crippen LogP contribution in [-0.2, 0) is 6.54 Å². The molecular formula is C11H9N5OS. The molecule has 7 heteroatoms. The van der Waals surface area contributed by atoms with Gasteiger partial charge in [0, 0.05) is 6.54 Å². The molecule has 2 heterocycles. The number of carbonyl (C=O) groups is 1. The lowest BCUT2D eigenvalue weighted by Gasteiger charge is -2.01.